The molecule has 0 aromatic heterocycles. The third kappa shape index (κ3) is 7.13. The van der Waals surface area contributed by atoms with Crippen LogP contribution in [0.2, 0.25) is 0 Å². The van der Waals surface area contributed by atoms with Gasteiger partial charge in [-0.15, -0.1) is 0 Å². The smallest absolute Gasteiger partial charge is 0.0651 e. The van der Waals surface area contributed by atoms with Crippen molar-refractivity contribution in [3.05, 3.63) is 24.3 Å². The first-order valence-corrected chi connectivity index (χ1v) is 10.7. The predicted octanol–water partition coefficient (Wildman–Crippen LogP) is 7.08. The Morgan fingerprint density at radius 1 is 0.708 bits per heavy atom. The first kappa shape index (κ1) is 19.8. The second-order valence-corrected chi connectivity index (χ2v) is 7.99. The molecule has 0 aliphatic heterocycles. The highest BCUT2D eigenvalue weighted by molar-refractivity contribution is 4.86. The van der Waals surface area contributed by atoms with E-state index in [1.807, 2.05) is 0 Å². The molecule has 1 nitrogen and oxygen atoms in total. The van der Waals surface area contributed by atoms with Crippen LogP contribution in [-0.4, -0.2) is 12.7 Å². The minimum absolute atomic E-state index is 0.532. The highest BCUT2D eigenvalue weighted by atomic mass is 16.5. The molecule has 0 heterocycles. The topological polar surface area (TPSA) is 9.23 Å². The third-order valence-electron chi connectivity index (χ3n) is 6.25. The van der Waals surface area contributed by atoms with E-state index in [1.54, 1.807) is 0 Å². The maximum Gasteiger partial charge on any atom is 0.0651 e. The fourth-order valence-corrected chi connectivity index (χ4v) is 4.72. The summed E-state index contributed by atoms with van der Waals surface area (Å²) in [7, 11) is 0. The van der Waals surface area contributed by atoms with Crippen molar-refractivity contribution in [1.82, 2.24) is 0 Å². The van der Waals surface area contributed by atoms with E-state index in [0.717, 1.165) is 30.8 Å². The quantitative estimate of drug-likeness (QED) is 0.410. The largest absolute Gasteiger partial charge is 0.374 e. The molecule has 0 atom stereocenters. The molecule has 0 bridgehead atoms. The van der Waals surface area contributed by atoms with Gasteiger partial charge >= 0.3 is 0 Å². The molecule has 138 valence electrons. The van der Waals surface area contributed by atoms with E-state index in [2.05, 4.69) is 38.2 Å². The molecule has 0 amide bonds. The molecular formula is C23H40O. The lowest BCUT2D eigenvalue weighted by molar-refractivity contribution is 0.0210. The molecule has 1 heteroatoms. The van der Waals surface area contributed by atoms with Crippen molar-refractivity contribution in [3.8, 4) is 0 Å². The monoisotopic (exact) mass is 332 g/mol. The van der Waals surface area contributed by atoms with Crippen molar-refractivity contribution in [2.45, 2.75) is 97.0 Å². The maximum absolute atomic E-state index is 6.01. The SMILES string of the molecule is CC/C=C/CCC1CCC(C2CCC(OC/C=C/CC)CC2)CC1. The van der Waals surface area contributed by atoms with Crippen molar-refractivity contribution in [1.29, 1.82) is 0 Å². The molecule has 0 spiro atoms. The van der Waals surface area contributed by atoms with Crippen molar-refractivity contribution >= 4 is 0 Å². The molecule has 24 heavy (non-hydrogen) atoms. The van der Waals surface area contributed by atoms with E-state index in [4.69, 9.17) is 4.74 Å². The molecule has 0 saturated heterocycles. The Morgan fingerprint density at radius 2 is 1.29 bits per heavy atom. The second kappa shape index (κ2) is 11.9. The molecule has 2 rings (SSSR count). The first-order chi connectivity index (χ1) is 11.8. The standard InChI is InChI=1S/C23H40O/c1-3-5-7-8-10-20-11-13-21(14-12-20)22-15-17-23(18-16-22)24-19-9-6-4-2/h5-7,9,20-23H,3-4,8,10-19H2,1-2H3/b7-5+,9-6+. The zero-order valence-electron chi connectivity index (χ0n) is 16.2. The number of rotatable bonds is 9. The van der Waals surface area contributed by atoms with Crippen LogP contribution in [0.3, 0.4) is 0 Å². The summed E-state index contributed by atoms with van der Waals surface area (Å²) in [6, 6.07) is 0. The second-order valence-electron chi connectivity index (χ2n) is 7.99. The Morgan fingerprint density at radius 3 is 1.92 bits per heavy atom. The number of allylic oxidation sites excluding steroid dienone is 3. The van der Waals surface area contributed by atoms with E-state index in [-0.39, 0.29) is 0 Å². The lowest BCUT2D eigenvalue weighted by Gasteiger charge is -2.37. The summed E-state index contributed by atoms with van der Waals surface area (Å²) in [6.45, 7) is 5.22. The molecular weight excluding hydrogens is 292 g/mol. The van der Waals surface area contributed by atoms with E-state index < -0.39 is 0 Å². The number of hydrogen-bond donors (Lipinski definition) is 0. The van der Waals surface area contributed by atoms with Crippen LogP contribution >= 0.6 is 0 Å². The van der Waals surface area contributed by atoms with Gasteiger partial charge in [-0.25, -0.2) is 0 Å². The van der Waals surface area contributed by atoms with Gasteiger partial charge in [0.1, 0.15) is 0 Å². The summed E-state index contributed by atoms with van der Waals surface area (Å²) in [5, 5.41) is 0. The highest BCUT2D eigenvalue weighted by Gasteiger charge is 2.30. The van der Waals surface area contributed by atoms with E-state index in [9.17, 15) is 0 Å². The third-order valence-corrected chi connectivity index (χ3v) is 6.25. The summed E-state index contributed by atoms with van der Waals surface area (Å²) < 4.78 is 6.01. The van der Waals surface area contributed by atoms with Gasteiger partial charge in [0.05, 0.1) is 12.7 Å². The normalized spacial score (nSPS) is 31.9. The molecule has 0 aromatic rings. The van der Waals surface area contributed by atoms with Crippen LogP contribution in [0.4, 0.5) is 0 Å². The zero-order valence-corrected chi connectivity index (χ0v) is 16.2. The lowest BCUT2D eigenvalue weighted by atomic mass is 9.70. The number of ether oxygens (including phenoxy) is 1. The Balaban J connectivity index is 1.58. The van der Waals surface area contributed by atoms with Gasteiger partial charge in [0.25, 0.3) is 0 Å². The van der Waals surface area contributed by atoms with Crippen LogP contribution in [0, 0.1) is 17.8 Å². The lowest BCUT2D eigenvalue weighted by Crippen LogP contribution is -2.28. The minimum atomic E-state index is 0.532. The fourth-order valence-electron chi connectivity index (χ4n) is 4.72. The molecule has 0 unspecified atom stereocenters. The van der Waals surface area contributed by atoms with Crippen molar-refractivity contribution in [2.24, 2.45) is 17.8 Å². The van der Waals surface area contributed by atoms with E-state index >= 15 is 0 Å². The Bertz CT molecular complexity index is 318. The van der Waals surface area contributed by atoms with Crippen molar-refractivity contribution in [2.75, 3.05) is 6.61 Å². The Labute approximate surface area is 150 Å². The molecule has 2 fully saturated rings. The van der Waals surface area contributed by atoms with Gasteiger partial charge in [0.15, 0.2) is 0 Å². The summed E-state index contributed by atoms with van der Waals surface area (Å²) >= 11 is 0. The van der Waals surface area contributed by atoms with Crippen LogP contribution in [0.15, 0.2) is 24.3 Å². The van der Waals surface area contributed by atoms with Crippen molar-refractivity contribution < 1.29 is 4.74 Å². The molecule has 0 N–H and O–H groups in total. The maximum atomic E-state index is 6.01. The number of hydrogen-bond acceptors (Lipinski definition) is 1. The van der Waals surface area contributed by atoms with Crippen LogP contribution in [0.5, 0.6) is 0 Å². The zero-order chi connectivity index (χ0) is 17.0. The average molecular weight is 333 g/mol. The molecule has 2 saturated carbocycles. The molecule has 2 aliphatic carbocycles. The van der Waals surface area contributed by atoms with Gasteiger partial charge < -0.3 is 4.74 Å². The van der Waals surface area contributed by atoms with Gasteiger partial charge in [-0.1, -0.05) is 51.0 Å². The minimum Gasteiger partial charge on any atom is -0.374 e. The van der Waals surface area contributed by atoms with Gasteiger partial charge in [0, 0.05) is 0 Å². The predicted molar refractivity (Wildman–Crippen MR) is 105 cm³/mol. The highest BCUT2D eigenvalue weighted by Crippen LogP contribution is 2.41. The van der Waals surface area contributed by atoms with Crippen LogP contribution < -0.4 is 0 Å². The van der Waals surface area contributed by atoms with E-state index in [0.29, 0.717) is 6.10 Å². The van der Waals surface area contributed by atoms with Crippen LogP contribution in [0.25, 0.3) is 0 Å². The first-order valence-electron chi connectivity index (χ1n) is 10.7. The Kier molecular flexibility index (Phi) is 9.80. The molecule has 0 aromatic carbocycles. The fraction of sp³-hybridized carbons (Fsp3) is 0.826. The summed E-state index contributed by atoms with van der Waals surface area (Å²) in [5.41, 5.74) is 0. The summed E-state index contributed by atoms with van der Waals surface area (Å²) in [5.74, 6) is 3.03. The Hall–Kier alpha value is -0.560. The molecule has 0 radical (unpaired) electrons. The van der Waals surface area contributed by atoms with Crippen LogP contribution in [-0.2, 0) is 4.74 Å². The van der Waals surface area contributed by atoms with Gasteiger partial charge in [0.2, 0.25) is 0 Å². The average Bonchev–Trinajstić information content (AvgIpc) is 2.64. The molecule has 2 aliphatic rings. The summed E-state index contributed by atoms with van der Waals surface area (Å²) in [4.78, 5) is 0. The van der Waals surface area contributed by atoms with Crippen molar-refractivity contribution in [3.63, 3.8) is 0 Å². The van der Waals surface area contributed by atoms with Gasteiger partial charge in [-0.2, -0.15) is 0 Å². The van der Waals surface area contributed by atoms with Gasteiger partial charge in [-0.05, 0) is 82.0 Å². The van der Waals surface area contributed by atoms with E-state index in [1.165, 1.54) is 70.6 Å². The summed E-state index contributed by atoms with van der Waals surface area (Å²) in [6.07, 6.45) is 26.1. The van der Waals surface area contributed by atoms with Crippen LogP contribution in [0.1, 0.15) is 90.9 Å². The van der Waals surface area contributed by atoms with Gasteiger partial charge in [-0.3, -0.25) is 0 Å².